The molecular weight excluding hydrogens is 277 g/mol. The van der Waals surface area contributed by atoms with E-state index in [0.29, 0.717) is 14.8 Å². The lowest BCUT2D eigenvalue weighted by molar-refractivity contribution is 0.675. The zero-order valence-corrected chi connectivity index (χ0v) is 11.5. The molecule has 0 aliphatic heterocycles. The van der Waals surface area contributed by atoms with Crippen molar-refractivity contribution in [2.45, 2.75) is 19.9 Å². The van der Waals surface area contributed by atoms with Gasteiger partial charge in [-0.25, -0.2) is 0 Å². The van der Waals surface area contributed by atoms with Crippen LogP contribution in [0.2, 0.25) is 10.0 Å². The Kier molecular flexibility index (Phi) is 3.86. The van der Waals surface area contributed by atoms with Crippen LogP contribution in [0.4, 0.5) is 0 Å². The Bertz CT molecular complexity index is 589. The summed E-state index contributed by atoms with van der Waals surface area (Å²) in [5, 5.41) is 8.06. The van der Waals surface area contributed by atoms with Crippen molar-refractivity contribution in [2.24, 2.45) is 0 Å². The number of halogens is 2. The first kappa shape index (κ1) is 12.6. The molecule has 0 atom stereocenters. The second-order valence-corrected chi connectivity index (χ2v) is 4.83. The standard InChI is InChI=1S/C11H11Cl2N3S/c1-2-5-16-10(14-15-11(16)17)7-3-4-8(12)9(13)6-7/h3-4,6H,2,5H2,1H3,(H,15,17). The molecule has 1 N–H and O–H groups in total. The van der Waals surface area contributed by atoms with E-state index in [9.17, 15) is 0 Å². The van der Waals surface area contributed by atoms with Gasteiger partial charge >= 0.3 is 0 Å². The lowest BCUT2D eigenvalue weighted by Crippen LogP contribution is -1.99. The van der Waals surface area contributed by atoms with E-state index >= 15 is 0 Å². The first-order valence-electron chi connectivity index (χ1n) is 5.24. The molecule has 0 unspecified atom stereocenters. The molecule has 0 spiro atoms. The quantitative estimate of drug-likeness (QED) is 0.853. The van der Waals surface area contributed by atoms with Crippen molar-refractivity contribution in [1.82, 2.24) is 14.8 Å². The summed E-state index contributed by atoms with van der Waals surface area (Å²) < 4.78 is 2.57. The molecule has 0 saturated heterocycles. The Labute approximate surface area is 114 Å². The van der Waals surface area contributed by atoms with Gasteiger partial charge in [0.05, 0.1) is 10.0 Å². The maximum atomic E-state index is 5.99. The molecule has 0 radical (unpaired) electrons. The summed E-state index contributed by atoms with van der Waals surface area (Å²) in [5.74, 6) is 0.787. The summed E-state index contributed by atoms with van der Waals surface area (Å²) in [7, 11) is 0. The average Bonchev–Trinajstić information content (AvgIpc) is 2.66. The molecule has 1 aromatic carbocycles. The van der Waals surface area contributed by atoms with Gasteiger partial charge in [-0.15, -0.1) is 0 Å². The van der Waals surface area contributed by atoms with Crippen LogP contribution in [0, 0.1) is 4.77 Å². The van der Waals surface area contributed by atoms with Crippen molar-refractivity contribution in [3.05, 3.63) is 33.0 Å². The second-order valence-electron chi connectivity index (χ2n) is 3.63. The van der Waals surface area contributed by atoms with E-state index in [4.69, 9.17) is 35.4 Å². The minimum absolute atomic E-state index is 0.515. The first-order chi connectivity index (χ1) is 8.13. The van der Waals surface area contributed by atoms with E-state index in [1.54, 1.807) is 12.1 Å². The van der Waals surface area contributed by atoms with Crippen LogP contribution < -0.4 is 0 Å². The summed E-state index contributed by atoms with van der Waals surface area (Å²) in [5.41, 5.74) is 0.903. The van der Waals surface area contributed by atoms with Gasteiger partial charge in [0.15, 0.2) is 10.6 Å². The van der Waals surface area contributed by atoms with Crippen molar-refractivity contribution in [1.29, 1.82) is 0 Å². The third-order valence-corrected chi connectivity index (χ3v) is 3.43. The molecule has 1 aromatic heterocycles. The molecule has 3 nitrogen and oxygen atoms in total. The molecule has 17 heavy (non-hydrogen) atoms. The number of hydrogen-bond donors (Lipinski definition) is 1. The van der Waals surface area contributed by atoms with Gasteiger partial charge < -0.3 is 4.57 Å². The van der Waals surface area contributed by atoms with Gasteiger partial charge in [0, 0.05) is 12.1 Å². The van der Waals surface area contributed by atoms with E-state index < -0.39 is 0 Å². The van der Waals surface area contributed by atoms with Crippen molar-refractivity contribution >= 4 is 35.4 Å². The Balaban J connectivity index is 2.52. The van der Waals surface area contributed by atoms with Crippen LogP contribution in [0.25, 0.3) is 11.4 Å². The van der Waals surface area contributed by atoms with E-state index in [1.807, 2.05) is 10.6 Å². The van der Waals surface area contributed by atoms with Crippen LogP contribution in [0.5, 0.6) is 0 Å². The Morgan fingerprint density at radius 3 is 2.76 bits per heavy atom. The monoisotopic (exact) mass is 287 g/mol. The predicted octanol–water partition coefficient (Wildman–Crippen LogP) is 4.32. The summed E-state index contributed by atoms with van der Waals surface area (Å²) in [4.78, 5) is 0. The van der Waals surface area contributed by atoms with Crippen molar-refractivity contribution in [3.8, 4) is 11.4 Å². The smallest absolute Gasteiger partial charge is 0.195 e. The largest absolute Gasteiger partial charge is 0.300 e. The van der Waals surface area contributed by atoms with E-state index in [-0.39, 0.29) is 0 Å². The van der Waals surface area contributed by atoms with E-state index in [1.165, 1.54) is 0 Å². The summed E-state index contributed by atoms with van der Waals surface area (Å²) >= 11 is 17.1. The lowest BCUT2D eigenvalue weighted by Gasteiger charge is -2.05. The molecule has 0 bridgehead atoms. The maximum absolute atomic E-state index is 5.99. The Morgan fingerprint density at radius 1 is 1.35 bits per heavy atom. The lowest BCUT2D eigenvalue weighted by atomic mass is 10.2. The summed E-state index contributed by atoms with van der Waals surface area (Å²) in [6.45, 7) is 2.91. The molecule has 0 saturated carbocycles. The molecule has 2 rings (SSSR count). The fourth-order valence-electron chi connectivity index (χ4n) is 1.60. The number of aromatic amines is 1. The van der Waals surface area contributed by atoms with Crippen LogP contribution in [-0.2, 0) is 6.54 Å². The highest BCUT2D eigenvalue weighted by Gasteiger charge is 2.09. The van der Waals surface area contributed by atoms with Crippen molar-refractivity contribution < 1.29 is 0 Å². The number of benzene rings is 1. The van der Waals surface area contributed by atoms with E-state index in [2.05, 4.69) is 17.1 Å². The first-order valence-corrected chi connectivity index (χ1v) is 6.40. The normalized spacial score (nSPS) is 10.8. The molecule has 2 aromatic rings. The minimum Gasteiger partial charge on any atom is -0.300 e. The zero-order chi connectivity index (χ0) is 12.4. The number of aromatic nitrogens is 3. The third kappa shape index (κ3) is 2.54. The van der Waals surface area contributed by atoms with Gasteiger partial charge in [-0.05, 0) is 36.8 Å². The Morgan fingerprint density at radius 2 is 2.12 bits per heavy atom. The predicted molar refractivity (Wildman–Crippen MR) is 73.2 cm³/mol. The van der Waals surface area contributed by atoms with Crippen LogP contribution in [0.15, 0.2) is 18.2 Å². The molecule has 0 aliphatic rings. The molecule has 90 valence electrons. The molecule has 1 heterocycles. The average molecular weight is 288 g/mol. The van der Waals surface area contributed by atoms with Gasteiger partial charge in [0.1, 0.15) is 0 Å². The SMILES string of the molecule is CCCn1c(-c2ccc(Cl)c(Cl)c2)n[nH]c1=S. The molecular formula is C11H11Cl2N3S. The molecule has 0 fully saturated rings. The molecule has 6 heteroatoms. The van der Waals surface area contributed by atoms with Crippen LogP contribution in [0.1, 0.15) is 13.3 Å². The van der Waals surface area contributed by atoms with Crippen molar-refractivity contribution in [3.63, 3.8) is 0 Å². The Hall–Kier alpha value is -0.840. The highest BCUT2D eigenvalue weighted by Crippen LogP contribution is 2.27. The highest BCUT2D eigenvalue weighted by molar-refractivity contribution is 7.71. The van der Waals surface area contributed by atoms with Crippen molar-refractivity contribution in [2.75, 3.05) is 0 Å². The van der Waals surface area contributed by atoms with Crippen LogP contribution >= 0.6 is 35.4 Å². The highest BCUT2D eigenvalue weighted by atomic mass is 35.5. The number of nitrogens with zero attached hydrogens (tertiary/aromatic N) is 2. The zero-order valence-electron chi connectivity index (χ0n) is 9.20. The summed E-state index contributed by atoms with van der Waals surface area (Å²) in [6, 6.07) is 5.43. The maximum Gasteiger partial charge on any atom is 0.195 e. The minimum atomic E-state index is 0.515. The van der Waals surface area contributed by atoms with Gasteiger partial charge in [-0.2, -0.15) is 5.10 Å². The number of nitrogens with one attached hydrogen (secondary N) is 1. The van der Waals surface area contributed by atoms with Gasteiger partial charge in [0.2, 0.25) is 0 Å². The third-order valence-electron chi connectivity index (χ3n) is 2.38. The van der Waals surface area contributed by atoms with Gasteiger partial charge in [-0.3, -0.25) is 5.10 Å². The summed E-state index contributed by atoms with van der Waals surface area (Å²) in [6.07, 6.45) is 0.988. The van der Waals surface area contributed by atoms with Crippen LogP contribution in [-0.4, -0.2) is 14.8 Å². The number of rotatable bonds is 3. The van der Waals surface area contributed by atoms with Gasteiger partial charge in [-0.1, -0.05) is 30.1 Å². The molecule has 0 amide bonds. The van der Waals surface area contributed by atoms with Crippen LogP contribution in [0.3, 0.4) is 0 Å². The number of H-pyrrole nitrogens is 1. The fourth-order valence-corrected chi connectivity index (χ4v) is 2.13. The molecule has 0 aliphatic carbocycles. The number of hydrogen-bond acceptors (Lipinski definition) is 2. The topological polar surface area (TPSA) is 33.6 Å². The van der Waals surface area contributed by atoms with E-state index in [0.717, 1.165) is 24.4 Å². The fraction of sp³-hybridized carbons (Fsp3) is 0.273. The van der Waals surface area contributed by atoms with Gasteiger partial charge in [0.25, 0.3) is 0 Å². The second kappa shape index (κ2) is 5.21.